The van der Waals surface area contributed by atoms with E-state index in [2.05, 4.69) is 21.7 Å². The van der Waals surface area contributed by atoms with Gasteiger partial charge in [-0.1, -0.05) is 12.1 Å². The molecule has 1 aromatic carbocycles. The van der Waals surface area contributed by atoms with Crippen LogP contribution in [0.15, 0.2) is 36.5 Å². The van der Waals surface area contributed by atoms with Crippen molar-refractivity contribution in [1.82, 2.24) is 19.7 Å². The fraction of sp³-hybridized carbons (Fsp3) is 0.552. The first-order valence-electron chi connectivity index (χ1n) is 13.9. The van der Waals surface area contributed by atoms with Crippen LogP contribution in [0.2, 0.25) is 0 Å². The van der Waals surface area contributed by atoms with Crippen molar-refractivity contribution < 1.29 is 28.6 Å². The Morgan fingerprint density at radius 3 is 2.52 bits per heavy atom. The summed E-state index contributed by atoms with van der Waals surface area (Å²) in [5.41, 5.74) is 2.46. The zero-order chi connectivity index (χ0) is 28.4. The fourth-order valence-electron chi connectivity index (χ4n) is 5.89. The highest BCUT2D eigenvalue weighted by Gasteiger charge is 2.39. The van der Waals surface area contributed by atoms with E-state index < -0.39 is 6.09 Å². The summed E-state index contributed by atoms with van der Waals surface area (Å²) in [6.45, 7) is 9.97. The number of carboxylic acid groups (broad SMARTS) is 1. The summed E-state index contributed by atoms with van der Waals surface area (Å²) in [7, 11) is 0. The van der Waals surface area contributed by atoms with Gasteiger partial charge in [0.05, 0.1) is 25.8 Å². The topological polar surface area (TPSA) is 98.7 Å². The third-order valence-corrected chi connectivity index (χ3v) is 8.13. The number of benzene rings is 1. The molecule has 1 N–H and O–H groups in total. The lowest BCUT2D eigenvalue weighted by Gasteiger charge is -2.47. The van der Waals surface area contributed by atoms with Crippen LogP contribution in [0.5, 0.6) is 5.88 Å². The predicted molar refractivity (Wildman–Crippen MR) is 147 cm³/mol. The molecule has 2 aromatic rings. The molecule has 0 aliphatic carbocycles. The molecule has 11 heteroatoms. The molecule has 0 bridgehead atoms. The Balaban J connectivity index is 1.36. The van der Waals surface area contributed by atoms with Gasteiger partial charge in [-0.2, -0.15) is 0 Å². The lowest BCUT2D eigenvalue weighted by atomic mass is 10.0. The quantitative estimate of drug-likeness (QED) is 0.581. The Kier molecular flexibility index (Phi) is 8.53. The van der Waals surface area contributed by atoms with E-state index in [1.807, 2.05) is 19.9 Å². The minimum atomic E-state index is -0.936. The Morgan fingerprint density at radius 1 is 1.02 bits per heavy atom. The molecule has 5 rings (SSSR count). The molecule has 1 aromatic heterocycles. The van der Waals surface area contributed by atoms with Crippen LogP contribution in [0.3, 0.4) is 0 Å². The number of morpholine rings is 1. The molecule has 3 aliphatic rings. The van der Waals surface area contributed by atoms with E-state index in [-0.39, 0.29) is 42.4 Å². The van der Waals surface area contributed by atoms with E-state index in [1.165, 1.54) is 17.0 Å². The van der Waals surface area contributed by atoms with Gasteiger partial charge in [0.2, 0.25) is 11.8 Å². The molecule has 0 saturated carbocycles. The summed E-state index contributed by atoms with van der Waals surface area (Å²) in [4.78, 5) is 38.1. The maximum atomic E-state index is 14.0. The molecule has 4 heterocycles. The first-order valence-corrected chi connectivity index (χ1v) is 13.9. The highest BCUT2D eigenvalue weighted by atomic mass is 19.1. The molecule has 2 saturated heterocycles. The number of amides is 2. The molecule has 4 atom stereocenters. The van der Waals surface area contributed by atoms with Gasteiger partial charge in [-0.25, -0.2) is 14.2 Å². The van der Waals surface area contributed by atoms with Crippen LogP contribution in [-0.2, 0) is 16.0 Å². The van der Waals surface area contributed by atoms with Gasteiger partial charge in [0.1, 0.15) is 18.1 Å². The monoisotopic (exact) mass is 555 g/mol. The second-order valence-electron chi connectivity index (χ2n) is 11.2. The minimum absolute atomic E-state index is 0.0752. The van der Waals surface area contributed by atoms with E-state index in [1.54, 1.807) is 23.2 Å². The van der Waals surface area contributed by atoms with Crippen molar-refractivity contribution in [3.05, 3.63) is 53.5 Å². The van der Waals surface area contributed by atoms with Crippen molar-refractivity contribution in [3.8, 4) is 5.88 Å². The van der Waals surface area contributed by atoms with Gasteiger partial charge in [-0.3, -0.25) is 14.6 Å². The molecule has 2 unspecified atom stereocenters. The Morgan fingerprint density at radius 2 is 1.80 bits per heavy atom. The highest BCUT2D eigenvalue weighted by molar-refractivity contribution is 5.97. The van der Waals surface area contributed by atoms with Gasteiger partial charge in [0.15, 0.2) is 0 Å². The first-order chi connectivity index (χ1) is 19.2. The van der Waals surface area contributed by atoms with Gasteiger partial charge in [0.25, 0.3) is 0 Å². The lowest BCUT2D eigenvalue weighted by molar-refractivity contribution is -0.122. The van der Waals surface area contributed by atoms with Gasteiger partial charge in [-0.05, 0) is 56.5 Å². The third kappa shape index (κ3) is 6.21. The molecule has 0 spiro atoms. The second kappa shape index (κ2) is 12.1. The van der Waals surface area contributed by atoms with Crippen LogP contribution in [0.1, 0.15) is 31.9 Å². The van der Waals surface area contributed by atoms with Crippen LogP contribution in [0.4, 0.5) is 14.9 Å². The number of hydrogen-bond donors (Lipinski definition) is 1. The number of nitrogens with zero attached hydrogens (tertiary/aromatic N) is 5. The Bertz CT molecular complexity index is 1210. The van der Waals surface area contributed by atoms with Crippen molar-refractivity contribution in [2.24, 2.45) is 0 Å². The number of rotatable bonds is 6. The van der Waals surface area contributed by atoms with Gasteiger partial charge in [-0.15, -0.1) is 0 Å². The average Bonchev–Trinajstić information content (AvgIpc) is 2.92. The zero-order valence-electron chi connectivity index (χ0n) is 23.3. The number of halogens is 1. The van der Waals surface area contributed by atoms with Crippen molar-refractivity contribution in [2.45, 2.75) is 51.4 Å². The minimum Gasteiger partial charge on any atom is -0.474 e. The largest absolute Gasteiger partial charge is 0.474 e. The molecule has 2 fully saturated rings. The summed E-state index contributed by atoms with van der Waals surface area (Å²) in [5.74, 6) is 0.0528. The number of piperazine rings is 1. The van der Waals surface area contributed by atoms with Crippen molar-refractivity contribution >= 4 is 17.7 Å². The van der Waals surface area contributed by atoms with E-state index >= 15 is 0 Å². The van der Waals surface area contributed by atoms with Crippen LogP contribution in [0.25, 0.3) is 0 Å². The second-order valence-corrected chi connectivity index (χ2v) is 11.2. The fourth-order valence-corrected chi connectivity index (χ4v) is 5.89. The number of anilines is 1. The highest BCUT2D eigenvalue weighted by Crippen LogP contribution is 2.34. The number of carbonyl (C=O) groups excluding carboxylic acids is 1. The van der Waals surface area contributed by atoms with Gasteiger partial charge in [0, 0.05) is 50.5 Å². The summed E-state index contributed by atoms with van der Waals surface area (Å²) in [6.07, 6.45) is 1.34. The summed E-state index contributed by atoms with van der Waals surface area (Å²) >= 11 is 0. The van der Waals surface area contributed by atoms with E-state index in [4.69, 9.17) is 9.47 Å². The zero-order valence-corrected chi connectivity index (χ0v) is 23.3. The van der Waals surface area contributed by atoms with Crippen LogP contribution in [-0.4, -0.2) is 114 Å². The summed E-state index contributed by atoms with van der Waals surface area (Å²) in [6, 6.07) is 7.94. The number of fused-ring (bicyclic) bond motifs is 1. The maximum Gasteiger partial charge on any atom is 0.407 e. The molecule has 3 aliphatic heterocycles. The smallest absolute Gasteiger partial charge is 0.407 e. The SMILES string of the molecule is CC1COc2ncc(Cc3ccc(F)cc3)cc2N1C(=O)CN1C[C@H](C)N(C(=O)O)CC1CN1CCOC[C@H]1C. The average molecular weight is 556 g/mol. The molecular weight excluding hydrogens is 517 g/mol. The molecular formula is C29H38FN5O5. The van der Waals surface area contributed by atoms with Crippen molar-refractivity contribution in [2.75, 3.05) is 57.4 Å². The predicted octanol–water partition coefficient (Wildman–Crippen LogP) is 2.70. The number of carbonyl (C=O) groups is 2. The van der Waals surface area contributed by atoms with E-state index in [0.29, 0.717) is 57.4 Å². The number of hydrogen-bond acceptors (Lipinski definition) is 7. The van der Waals surface area contributed by atoms with Crippen molar-refractivity contribution in [3.63, 3.8) is 0 Å². The number of pyridine rings is 1. The first kappa shape index (κ1) is 28.3. The Labute approximate surface area is 234 Å². The number of aromatic nitrogens is 1. The van der Waals surface area contributed by atoms with Gasteiger partial charge < -0.3 is 24.4 Å². The van der Waals surface area contributed by atoms with Crippen LogP contribution < -0.4 is 9.64 Å². The molecule has 40 heavy (non-hydrogen) atoms. The molecule has 2 amide bonds. The van der Waals surface area contributed by atoms with E-state index in [0.717, 1.165) is 17.7 Å². The van der Waals surface area contributed by atoms with Crippen LogP contribution >= 0.6 is 0 Å². The van der Waals surface area contributed by atoms with Gasteiger partial charge >= 0.3 is 6.09 Å². The van der Waals surface area contributed by atoms with Crippen LogP contribution in [0, 0.1) is 5.82 Å². The number of ether oxygens (including phenoxy) is 2. The molecule has 0 radical (unpaired) electrons. The lowest BCUT2D eigenvalue weighted by Crippen LogP contribution is -2.64. The summed E-state index contributed by atoms with van der Waals surface area (Å²) < 4.78 is 24.8. The molecule has 10 nitrogen and oxygen atoms in total. The van der Waals surface area contributed by atoms with E-state index in [9.17, 15) is 19.1 Å². The normalized spacial score (nSPS) is 25.8. The molecule has 216 valence electrons. The standard InChI is InChI=1S/C29H38FN5O5/c1-19-13-33(25(15-34(19)29(37)38)14-32-8-9-39-17-20(32)2)16-27(36)35-21(3)18-40-28-26(35)11-23(12-31-28)10-22-4-6-24(30)7-5-22/h4-7,11-12,19-21,25H,8-10,13-18H2,1-3H3,(H,37,38)/t19-,20+,21?,25?/m0/s1. The third-order valence-electron chi connectivity index (χ3n) is 8.13. The maximum absolute atomic E-state index is 14.0. The Hall–Kier alpha value is -3.28. The van der Waals surface area contributed by atoms with Crippen molar-refractivity contribution in [1.29, 1.82) is 0 Å². The summed E-state index contributed by atoms with van der Waals surface area (Å²) in [5, 5.41) is 9.80.